The molecule has 1 aliphatic rings. The van der Waals surface area contributed by atoms with E-state index in [-0.39, 0.29) is 17.5 Å². The largest absolute Gasteiger partial charge is 0.478 e. The molecule has 2 rings (SSSR count). The number of carboxylic acids is 1. The lowest BCUT2D eigenvalue weighted by atomic mass is 10.0. The number of carbonyl (C=O) groups excluding carboxylic acids is 1. The molecule has 0 unspecified atom stereocenters. The average molecular weight is 291 g/mol. The lowest BCUT2D eigenvalue weighted by Crippen LogP contribution is -2.44. The Bertz CT molecular complexity index is 537. The van der Waals surface area contributed by atoms with Gasteiger partial charge < -0.3 is 15.3 Å². The van der Waals surface area contributed by atoms with Gasteiger partial charge in [-0.05, 0) is 31.4 Å². The van der Waals surface area contributed by atoms with E-state index in [0.29, 0.717) is 12.2 Å². The molecule has 21 heavy (non-hydrogen) atoms. The van der Waals surface area contributed by atoms with Crippen molar-refractivity contribution in [1.82, 2.24) is 10.3 Å². The Morgan fingerprint density at radius 2 is 2.05 bits per heavy atom. The van der Waals surface area contributed by atoms with E-state index in [1.54, 1.807) is 12.1 Å². The summed E-state index contributed by atoms with van der Waals surface area (Å²) in [6.45, 7) is 5.02. The number of nitrogens with one attached hydrogen (secondary N) is 1. The lowest BCUT2D eigenvalue weighted by molar-refractivity contribution is -0.119. The van der Waals surface area contributed by atoms with E-state index in [4.69, 9.17) is 0 Å². The second-order valence-electron chi connectivity index (χ2n) is 5.33. The number of rotatable bonds is 4. The fraction of sp³-hybridized carbons (Fsp3) is 0.533. The van der Waals surface area contributed by atoms with E-state index >= 15 is 0 Å². The van der Waals surface area contributed by atoms with Crippen molar-refractivity contribution in [2.45, 2.75) is 39.2 Å². The Hall–Kier alpha value is -2.11. The highest BCUT2D eigenvalue weighted by Gasteiger charge is 2.21. The number of piperidine rings is 1. The first-order valence-corrected chi connectivity index (χ1v) is 7.26. The van der Waals surface area contributed by atoms with Crippen LogP contribution in [-0.2, 0) is 11.2 Å². The number of hydrogen-bond donors (Lipinski definition) is 2. The zero-order valence-corrected chi connectivity index (χ0v) is 12.4. The number of carboxylic acid groups (broad SMARTS) is 1. The molecule has 1 amide bonds. The van der Waals surface area contributed by atoms with Gasteiger partial charge in [0.05, 0.1) is 5.56 Å². The molecule has 0 radical (unpaired) electrons. The number of anilines is 1. The van der Waals surface area contributed by atoms with E-state index in [1.807, 2.05) is 6.92 Å². The normalized spacial score (nSPS) is 15.8. The van der Waals surface area contributed by atoms with Gasteiger partial charge in [-0.1, -0.05) is 6.92 Å². The van der Waals surface area contributed by atoms with Crippen molar-refractivity contribution in [1.29, 1.82) is 0 Å². The lowest BCUT2D eigenvalue weighted by Gasteiger charge is -2.33. The van der Waals surface area contributed by atoms with Gasteiger partial charge >= 0.3 is 5.97 Å². The third-order valence-corrected chi connectivity index (χ3v) is 3.70. The fourth-order valence-corrected chi connectivity index (χ4v) is 2.58. The van der Waals surface area contributed by atoms with Gasteiger partial charge in [-0.3, -0.25) is 4.79 Å². The van der Waals surface area contributed by atoms with Crippen LogP contribution in [0, 0.1) is 0 Å². The first kappa shape index (κ1) is 15.3. The van der Waals surface area contributed by atoms with Crippen LogP contribution < -0.4 is 10.2 Å². The minimum absolute atomic E-state index is 0.00674. The highest BCUT2D eigenvalue weighted by molar-refractivity contribution is 5.88. The van der Waals surface area contributed by atoms with E-state index in [1.165, 1.54) is 6.92 Å². The van der Waals surface area contributed by atoms with Crippen LogP contribution in [0.2, 0.25) is 0 Å². The van der Waals surface area contributed by atoms with Gasteiger partial charge in [-0.2, -0.15) is 0 Å². The van der Waals surface area contributed by atoms with Gasteiger partial charge in [-0.25, -0.2) is 9.78 Å². The van der Waals surface area contributed by atoms with Crippen LogP contribution in [0.25, 0.3) is 0 Å². The summed E-state index contributed by atoms with van der Waals surface area (Å²) in [5.41, 5.74) is 1.06. The molecule has 0 atom stereocenters. The zero-order valence-electron chi connectivity index (χ0n) is 12.4. The molecule has 1 aromatic heterocycles. The van der Waals surface area contributed by atoms with E-state index in [9.17, 15) is 14.7 Å². The number of carbonyl (C=O) groups is 2. The highest BCUT2D eigenvalue weighted by Crippen LogP contribution is 2.20. The molecule has 0 aromatic carbocycles. The summed E-state index contributed by atoms with van der Waals surface area (Å²) in [5, 5.41) is 12.1. The molecule has 1 saturated heterocycles. The third kappa shape index (κ3) is 3.93. The molecule has 6 nitrogen and oxygen atoms in total. The minimum Gasteiger partial charge on any atom is -0.478 e. The van der Waals surface area contributed by atoms with E-state index < -0.39 is 5.97 Å². The van der Waals surface area contributed by atoms with E-state index in [2.05, 4.69) is 15.2 Å². The van der Waals surface area contributed by atoms with Crippen LogP contribution in [0.4, 0.5) is 5.82 Å². The molecule has 0 saturated carbocycles. The first-order chi connectivity index (χ1) is 9.99. The van der Waals surface area contributed by atoms with Gasteiger partial charge in [-0.15, -0.1) is 0 Å². The Labute approximate surface area is 124 Å². The van der Waals surface area contributed by atoms with Crippen LogP contribution >= 0.6 is 0 Å². The Morgan fingerprint density at radius 1 is 1.38 bits per heavy atom. The smallest absolute Gasteiger partial charge is 0.335 e. The second-order valence-corrected chi connectivity index (χ2v) is 5.33. The Morgan fingerprint density at radius 3 is 2.57 bits per heavy atom. The van der Waals surface area contributed by atoms with Crippen LogP contribution in [0.3, 0.4) is 0 Å². The molecule has 2 heterocycles. The first-order valence-electron chi connectivity index (χ1n) is 7.26. The molecule has 1 aliphatic heterocycles. The molecule has 1 aromatic rings. The average Bonchev–Trinajstić information content (AvgIpc) is 2.46. The maximum Gasteiger partial charge on any atom is 0.335 e. The summed E-state index contributed by atoms with van der Waals surface area (Å²) in [4.78, 5) is 28.9. The Balaban J connectivity index is 2.10. The molecule has 0 aliphatic carbocycles. The van der Waals surface area contributed by atoms with Crippen molar-refractivity contribution in [3.8, 4) is 0 Å². The van der Waals surface area contributed by atoms with Crippen LogP contribution in [0.1, 0.15) is 42.7 Å². The SMILES string of the molecule is CCc1cc(C(=O)O)cc(N2CCC(NC(C)=O)CC2)n1. The highest BCUT2D eigenvalue weighted by atomic mass is 16.4. The number of pyridine rings is 1. The molecule has 2 N–H and O–H groups in total. The van der Waals surface area contributed by atoms with Gasteiger partial charge in [0.2, 0.25) is 5.91 Å². The molecule has 0 spiro atoms. The van der Waals surface area contributed by atoms with Crippen LogP contribution in [-0.4, -0.2) is 41.1 Å². The van der Waals surface area contributed by atoms with Gasteiger partial charge in [0.25, 0.3) is 0 Å². The van der Waals surface area contributed by atoms with Crippen LogP contribution in [0.5, 0.6) is 0 Å². The van der Waals surface area contributed by atoms with Crippen molar-refractivity contribution in [2.24, 2.45) is 0 Å². The third-order valence-electron chi connectivity index (χ3n) is 3.70. The summed E-state index contributed by atoms with van der Waals surface area (Å²) in [5.74, 6) is -0.220. The van der Waals surface area contributed by atoms with Crippen molar-refractivity contribution in [2.75, 3.05) is 18.0 Å². The maximum atomic E-state index is 11.2. The van der Waals surface area contributed by atoms with Crippen molar-refractivity contribution in [3.63, 3.8) is 0 Å². The number of aryl methyl sites for hydroxylation is 1. The monoisotopic (exact) mass is 291 g/mol. The predicted octanol–water partition coefficient (Wildman–Crippen LogP) is 1.45. The fourth-order valence-electron chi connectivity index (χ4n) is 2.58. The van der Waals surface area contributed by atoms with Crippen molar-refractivity contribution in [3.05, 3.63) is 23.4 Å². The van der Waals surface area contributed by atoms with Gasteiger partial charge in [0.1, 0.15) is 5.82 Å². The molecular formula is C15H21N3O3. The molecule has 0 bridgehead atoms. The van der Waals surface area contributed by atoms with Gasteiger partial charge in [0.15, 0.2) is 0 Å². The summed E-state index contributed by atoms with van der Waals surface area (Å²) < 4.78 is 0. The van der Waals surface area contributed by atoms with Gasteiger partial charge in [0, 0.05) is 31.7 Å². The molecule has 6 heteroatoms. The van der Waals surface area contributed by atoms with Crippen molar-refractivity contribution >= 4 is 17.7 Å². The number of hydrogen-bond acceptors (Lipinski definition) is 4. The molecule has 114 valence electrons. The summed E-state index contributed by atoms with van der Waals surface area (Å²) in [7, 11) is 0. The minimum atomic E-state index is -0.929. The number of aromatic nitrogens is 1. The predicted molar refractivity (Wildman–Crippen MR) is 79.6 cm³/mol. The quantitative estimate of drug-likeness (QED) is 0.877. The zero-order chi connectivity index (χ0) is 15.4. The summed E-state index contributed by atoms with van der Waals surface area (Å²) in [6.07, 6.45) is 2.40. The molecular weight excluding hydrogens is 270 g/mol. The molecule has 1 fully saturated rings. The standard InChI is InChI=1S/C15H21N3O3/c1-3-12-8-11(15(20)21)9-14(17-12)18-6-4-13(5-7-18)16-10(2)19/h8-9,13H,3-7H2,1-2H3,(H,16,19)(H,20,21). The second kappa shape index (κ2) is 6.56. The topological polar surface area (TPSA) is 82.5 Å². The van der Waals surface area contributed by atoms with Crippen LogP contribution in [0.15, 0.2) is 12.1 Å². The van der Waals surface area contributed by atoms with Crippen molar-refractivity contribution < 1.29 is 14.7 Å². The number of nitrogens with zero attached hydrogens (tertiary/aromatic N) is 2. The Kier molecular flexibility index (Phi) is 4.77. The maximum absolute atomic E-state index is 11.2. The number of aromatic carboxylic acids is 1. The summed E-state index contributed by atoms with van der Waals surface area (Å²) in [6, 6.07) is 3.45. The van der Waals surface area contributed by atoms with E-state index in [0.717, 1.165) is 31.6 Å². The summed E-state index contributed by atoms with van der Waals surface area (Å²) >= 11 is 0. The number of amides is 1.